The number of hydrogen-bond donors (Lipinski definition) is 1. The summed E-state index contributed by atoms with van der Waals surface area (Å²) >= 11 is 6.53. The Labute approximate surface area is 121 Å². The quantitative estimate of drug-likeness (QED) is 0.860. The van der Waals surface area contributed by atoms with E-state index >= 15 is 0 Å². The molecule has 2 aromatic rings. The summed E-state index contributed by atoms with van der Waals surface area (Å²) in [5, 5.41) is 6.25. The highest BCUT2D eigenvalue weighted by atomic mass is 35.5. The molecule has 0 unspecified atom stereocenters. The summed E-state index contributed by atoms with van der Waals surface area (Å²) in [7, 11) is 0. The lowest BCUT2D eigenvalue weighted by Gasteiger charge is -2.07. The number of carbonyl (C=O) groups excluding carboxylic acids is 1. The Bertz CT molecular complexity index is 609. The Balaban J connectivity index is 2.12. The van der Waals surface area contributed by atoms with Gasteiger partial charge in [-0.25, -0.2) is 0 Å². The van der Waals surface area contributed by atoms with Crippen LogP contribution < -0.4 is 10.1 Å². The van der Waals surface area contributed by atoms with Crippen LogP contribution in [0.5, 0.6) is 5.75 Å². The van der Waals surface area contributed by atoms with Crippen LogP contribution in [0.1, 0.15) is 15.4 Å². The van der Waals surface area contributed by atoms with Gasteiger partial charge in [-0.3, -0.25) is 4.79 Å². The first kappa shape index (κ1) is 14.6. The fraction of sp³-hybridized carbons (Fsp3) is 0.182. The zero-order valence-electron chi connectivity index (χ0n) is 9.85. The summed E-state index contributed by atoms with van der Waals surface area (Å²) in [5.74, 6) is -0.434. The second-order valence-electron chi connectivity index (χ2n) is 3.54. The van der Waals surface area contributed by atoms with Crippen LogP contribution >= 0.6 is 23.1 Å². The lowest BCUT2D eigenvalue weighted by Crippen LogP contribution is -2.12. The third kappa shape index (κ3) is 3.61. The number of nitrogens with zero attached hydrogens (tertiary/aromatic N) is 2. The molecule has 0 aliphatic heterocycles. The number of ether oxygens (including phenoxy) is 1. The van der Waals surface area contributed by atoms with Gasteiger partial charge in [0.1, 0.15) is 16.3 Å². The molecule has 0 saturated heterocycles. The van der Waals surface area contributed by atoms with Gasteiger partial charge in [0, 0.05) is 11.8 Å². The van der Waals surface area contributed by atoms with E-state index in [4.69, 9.17) is 11.6 Å². The summed E-state index contributed by atoms with van der Waals surface area (Å²) in [6, 6.07) is 5.69. The minimum atomic E-state index is -2.92. The van der Waals surface area contributed by atoms with Gasteiger partial charge in [-0.05, 0) is 23.7 Å². The van der Waals surface area contributed by atoms with E-state index in [0.717, 1.165) is 11.5 Å². The van der Waals surface area contributed by atoms with Gasteiger partial charge in [-0.15, -0.1) is 16.7 Å². The van der Waals surface area contributed by atoms with Crippen LogP contribution in [0.25, 0.3) is 0 Å². The number of carbonyl (C=O) groups is 1. The zero-order valence-corrected chi connectivity index (χ0v) is 11.4. The number of benzene rings is 1. The van der Waals surface area contributed by atoms with Crippen molar-refractivity contribution in [2.75, 3.05) is 5.32 Å². The van der Waals surface area contributed by atoms with Crippen molar-refractivity contribution in [3.8, 4) is 5.75 Å². The summed E-state index contributed by atoms with van der Waals surface area (Å²) in [4.78, 5) is 12.2. The number of alkyl halides is 3. The molecule has 5 nitrogen and oxygen atoms in total. The van der Waals surface area contributed by atoms with Gasteiger partial charge in [0.15, 0.2) is 0 Å². The third-order valence-electron chi connectivity index (χ3n) is 2.21. The number of aromatic nitrogens is 2. The lowest BCUT2D eigenvalue weighted by atomic mass is 10.3. The number of rotatable bonds is 5. The van der Waals surface area contributed by atoms with Crippen LogP contribution in [0.2, 0.25) is 0 Å². The van der Waals surface area contributed by atoms with Crippen molar-refractivity contribution in [1.29, 1.82) is 0 Å². The van der Waals surface area contributed by atoms with E-state index in [-0.39, 0.29) is 16.5 Å². The molecular weight excluding hydrogens is 312 g/mol. The van der Waals surface area contributed by atoms with E-state index in [1.54, 1.807) is 6.07 Å². The Morgan fingerprint density at radius 1 is 1.50 bits per heavy atom. The number of amides is 1. The molecule has 0 bridgehead atoms. The van der Waals surface area contributed by atoms with Gasteiger partial charge < -0.3 is 10.1 Å². The smallest absolute Gasteiger partial charge is 0.387 e. The number of hydrogen-bond acceptors (Lipinski definition) is 5. The van der Waals surface area contributed by atoms with E-state index in [9.17, 15) is 13.6 Å². The summed E-state index contributed by atoms with van der Waals surface area (Å²) < 4.78 is 32.1. The van der Waals surface area contributed by atoms with Gasteiger partial charge in [0.25, 0.3) is 5.91 Å². The molecule has 0 spiro atoms. The van der Waals surface area contributed by atoms with Crippen molar-refractivity contribution < 1.29 is 18.3 Å². The molecule has 0 saturated carbocycles. The van der Waals surface area contributed by atoms with E-state index in [0.29, 0.717) is 11.4 Å². The summed E-state index contributed by atoms with van der Waals surface area (Å²) in [5.41, 5.74) is 0.691. The van der Waals surface area contributed by atoms with Crippen molar-refractivity contribution >= 4 is 34.7 Å². The first-order chi connectivity index (χ1) is 9.60. The maximum Gasteiger partial charge on any atom is 0.387 e. The van der Waals surface area contributed by atoms with Crippen molar-refractivity contribution in [3.05, 3.63) is 34.8 Å². The fourth-order valence-corrected chi connectivity index (χ4v) is 2.25. The number of anilines is 1. The molecule has 0 aliphatic rings. The highest BCUT2D eigenvalue weighted by Gasteiger charge is 2.16. The van der Waals surface area contributed by atoms with Gasteiger partial charge in [-0.1, -0.05) is 10.6 Å². The molecule has 0 fully saturated rings. The van der Waals surface area contributed by atoms with E-state index in [1.807, 2.05) is 0 Å². The average molecular weight is 320 g/mol. The van der Waals surface area contributed by atoms with E-state index < -0.39 is 12.5 Å². The Morgan fingerprint density at radius 2 is 2.30 bits per heavy atom. The first-order valence-electron chi connectivity index (χ1n) is 5.33. The Hall–Kier alpha value is -1.80. The normalized spacial score (nSPS) is 10.6. The van der Waals surface area contributed by atoms with Crippen LogP contribution in [-0.4, -0.2) is 22.1 Å². The van der Waals surface area contributed by atoms with Crippen LogP contribution in [0, 0.1) is 0 Å². The Morgan fingerprint density at radius 3 is 3.00 bits per heavy atom. The van der Waals surface area contributed by atoms with Gasteiger partial charge in [0.05, 0.1) is 5.88 Å². The Kier molecular flexibility index (Phi) is 4.80. The summed E-state index contributed by atoms with van der Waals surface area (Å²) in [6.45, 7) is -2.92. The number of nitrogens with one attached hydrogen (secondary N) is 1. The standard InChI is InChI=1S/C11H8ClF2N3O2S/c12-5-8-9(20-17-16-8)10(18)15-6-2-1-3-7(4-6)19-11(13)14/h1-4,11H,5H2,(H,15,18). The minimum absolute atomic E-state index is 0.0437. The third-order valence-corrected chi connectivity index (χ3v) is 3.23. The first-order valence-corrected chi connectivity index (χ1v) is 6.64. The molecular formula is C11H8ClF2N3O2S. The summed E-state index contributed by atoms with van der Waals surface area (Å²) in [6.07, 6.45) is 0. The predicted octanol–water partition coefficient (Wildman–Crippen LogP) is 3.13. The SMILES string of the molecule is O=C(Nc1cccc(OC(F)F)c1)c1snnc1CCl. The lowest BCUT2D eigenvalue weighted by molar-refractivity contribution is -0.0497. The number of halogens is 3. The predicted molar refractivity (Wildman–Crippen MR) is 70.5 cm³/mol. The van der Waals surface area contributed by atoms with Crippen LogP contribution in [0.4, 0.5) is 14.5 Å². The molecule has 1 aromatic carbocycles. The highest BCUT2D eigenvalue weighted by molar-refractivity contribution is 7.08. The van der Waals surface area contributed by atoms with Gasteiger partial charge in [-0.2, -0.15) is 8.78 Å². The zero-order chi connectivity index (χ0) is 14.5. The van der Waals surface area contributed by atoms with Crippen molar-refractivity contribution in [3.63, 3.8) is 0 Å². The van der Waals surface area contributed by atoms with E-state index in [2.05, 4.69) is 19.6 Å². The maximum atomic E-state index is 12.1. The van der Waals surface area contributed by atoms with Crippen LogP contribution in [-0.2, 0) is 5.88 Å². The highest BCUT2D eigenvalue weighted by Crippen LogP contribution is 2.21. The maximum absolute atomic E-state index is 12.1. The van der Waals surface area contributed by atoms with Crippen molar-refractivity contribution in [2.45, 2.75) is 12.5 Å². The monoisotopic (exact) mass is 319 g/mol. The van der Waals surface area contributed by atoms with Gasteiger partial charge in [0.2, 0.25) is 0 Å². The van der Waals surface area contributed by atoms with Gasteiger partial charge >= 0.3 is 6.61 Å². The van der Waals surface area contributed by atoms with Crippen LogP contribution in [0.3, 0.4) is 0 Å². The van der Waals surface area contributed by atoms with E-state index in [1.165, 1.54) is 18.2 Å². The topological polar surface area (TPSA) is 64.1 Å². The molecule has 0 atom stereocenters. The molecule has 9 heteroatoms. The minimum Gasteiger partial charge on any atom is -0.435 e. The molecule has 1 amide bonds. The molecule has 0 radical (unpaired) electrons. The largest absolute Gasteiger partial charge is 0.435 e. The fourth-order valence-electron chi connectivity index (χ4n) is 1.41. The molecule has 1 heterocycles. The molecule has 106 valence electrons. The van der Waals surface area contributed by atoms with Crippen LogP contribution in [0.15, 0.2) is 24.3 Å². The molecule has 1 N–H and O–H groups in total. The molecule has 2 rings (SSSR count). The second-order valence-corrected chi connectivity index (χ2v) is 4.56. The second kappa shape index (κ2) is 6.58. The molecule has 1 aromatic heterocycles. The van der Waals surface area contributed by atoms with Crippen molar-refractivity contribution in [1.82, 2.24) is 9.59 Å². The molecule has 0 aliphatic carbocycles. The van der Waals surface area contributed by atoms with Crippen molar-refractivity contribution in [2.24, 2.45) is 0 Å². The average Bonchev–Trinajstić information content (AvgIpc) is 2.86. The molecule has 20 heavy (non-hydrogen) atoms.